The Labute approximate surface area is 121 Å². The van der Waals surface area contributed by atoms with E-state index in [1.54, 1.807) is 24.1 Å². The van der Waals surface area contributed by atoms with Gasteiger partial charge in [-0.1, -0.05) is 0 Å². The zero-order valence-corrected chi connectivity index (χ0v) is 12.6. The van der Waals surface area contributed by atoms with Gasteiger partial charge in [0.25, 0.3) is 0 Å². The normalized spacial score (nSPS) is 20.4. The lowest BCUT2D eigenvalue weighted by Crippen LogP contribution is -2.30. The minimum Gasteiger partial charge on any atom is -0.260 e. The van der Waals surface area contributed by atoms with Crippen LogP contribution in [-0.4, -0.2) is 40.5 Å². The summed E-state index contributed by atoms with van der Waals surface area (Å²) in [7, 11) is -3.21. The number of thiazole rings is 1. The highest BCUT2D eigenvalue weighted by Gasteiger charge is 2.33. The number of sulfonamides is 1. The van der Waals surface area contributed by atoms with Crippen molar-refractivity contribution in [2.75, 3.05) is 12.8 Å². The molecule has 1 aliphatic heterocycles. The van der Waals surface area contributed by atoms with Gasteiger partial charge in [-0.25, -0.2) is 13.4 Å². The smallest absolute Gasteiger partial charge is 0.211 e. The minimum atomic E-state index is -3.21. The first kappa shape index (κ1) is 13.6. The van der Waals surface area contributed by atoms with E-state index in [0.29, 0.717) is 12.2 Å². The summed E-state index contributed by atoms with van der Waals surface area (Å²) >= 11 is 1.49. The van der Waals surface area contributed by atoms with Crippen molar-refractivity contribution in [2.24, 2.45) is 0 Å². The third-order valence-electron chi connectivity index (χ3n) is 3.31. The molecule has 0 aliphatic carbocycles. The van der Waals surface area contributed by atoms with E-state index in [-0.39, 0.29) is 6.04 Å². The predicted octanol–water partition coefficient (Wildman–Crippen LogP) is 1.70. The van der Waals surface area contributed by atoms with Crippen LogP contribution in [0.3, 0.4) is 0 Å². The summed E-state index contributed by atoms with van der Waals surface area (Å²) in [4.78, 5) is 13.7. The van der Waals surface area contributed by atoms with E-state index >= 15 is 0 Å². The summed E-state index contributed by atoms with van der Waals surface area (Å²) in [5.74, 6) is 0. The standard InChI is InChI=1S/C12H14N4O2S2/c1-20(17,18)16-4-2-3-11(16)9-5-13-6-10(15-9)12-7-14-8-19-12/h5-8,11H,2-4H2,1H3. The van der Waals surface area contributed by atoms with Crippen LogP contribution < -0.4 is 0 Å². The second-order valence-electron chi connectivity index (χ2n) is 4.73. The third-order valence-corrected chi connectivity index (χ3v) is 5.39. The fourth-order valence-corrected chi connectivity index (χ4v) is 4.15. The largest absolute Gasteiger partial charge is 0.260 e. The zero-order chi connectivity index (χ0) is 14.2. The molecule has 0 radical (unpaired) electrons. The van der Waals surface area contributed by atoms with Gasteiger partial charge in [0.2, 0.25) is 10.0 Å². The van der Waals surface area contributed by atoms with E-state index in [4.69, 9.17) is 0 Å². The molecule has 1 fully saturated rings. The lowest BCUT2D eigenvalue weighted by Gasteiger charge is -2.21. The fraction of sp³-hybridized carbons (Fsp3) is 0.417. The Hall–Kier alpha value is -1.38. The molecule has 3 rings (SSSR count). The Morgan fingerprint density at radius 2 is 2.15 bits per heavy atom. The Morgan fingerprint density at radius 1 is 1.30 bits per heavy atom. The number of nitrogens with zero attached hydrogens (tertiary/aromatic N) is 4. The molecular weight excluding hydrogens is 296 g/mol. The molecule has 1 saturated heterocycles. The topological polar surface area (TPSA) is 76.1 Å². The molecule has 0 amide bonds. The van der Waals surface area contributed by atoms with Crippen molar-refractivity contribution in [2.45, 2.75) is 18.9 Å². The zero-order valence-electron chi connectivity index (χ0n) is 10.9. The van der Waals surface area contributed by atoms with Gasteiger partial charge in [0, 0.05) is 12.7 Å². The van der Waals surface area contributed by atoms with Gasteiger partial charge in [-0.05, 0) is 12.8 Å². The van der Waals surface area contributed by atoms with Gasteiger partial charge in [0.05, 0.1) is 40.8 Å². The van der Waals surface area contributed by atoms with Gasteiger partial charge in [0.15, 0.2) is 0 Å². The van der Waals surface area contributed by atoms with Crippen molar-refractivity contribution < 1.29 is 8.42 Å². The van der Waals surface area contributed by atoms with Gasteiger partial charge in [-0.3, -0.25) is 9.97 Å². The summed E-state index contributed by atoms with van der Waals surface area (Å²) < 4.78 is 25.1. The van der Waals surface area contributed by atoms with Crippen LogP contribution in [0, 0.1) is 0 Å². The summed E-state index contributed by atoms with van der Waals surface area (Å²) in [5.41, 5.74) is 3.19. The van der Waals surface area contributed by atoms with Gasteiger partial charge < -0.3 is 0 Å². The second kappa shape index (κ2) is 5.19. The molecule has 0 bridgehead atoms. The first-order valence-electron chi connectivity index (χ1n) is 6.23. The van der Waals surface area contributed by atoms with Crippen LogP contribution in [-0.2, 0) is 10.0 Å². The molecule has 2 aromatic heterocycles. The predicted molar refractivity (Wildman–Crippen MR) is 76.7 cm³/mol. The van der Waals surface area contributed by atoms with Gasteiger partial charge in [-0.15, -0.1) is 11.3 Å². The molecule has 20 heavy (non-hydrogen) atoms. The highest BCUT2D eigenvalue weighted by atomic mass is 32.2. The van der Waals surface area contributed by atoms with E-state index in [0.717, 1.165) is 23.4 Å². The van der Waals surface area contributed by atoms with E-state index in [1.807, 2.05) is 0 Å². The molecule has 1 unspecified atom stereocenters. The quantitative estimate of drug-likeness (QED) is 0.862. The first-order valence-corrected chi connectivity index (χ1v) is 8.96. The summed E-state index contributed by atoms with van der Waals surface area (Å²) in [5, 5.41) is 0. The molecule has 2 aromatic rings. The maximum atomic E-state index is 11.8. The van der Waals surface area contributed by atoms with E-state index in [2.05, 4.69) is 15.0 Å². The minimum absolute atomic E-state index is 0.203. The van der Waals surface area contributed by atoms with E-state index < -0.39 is 10.0 Å². The molecule has 0 saturated carbocycles. The van der Waals surface area contributed by atoms with Crippen LogP contribution in [0.1, 0.15) is 24.6 Å². The monoisotopic (exact) mass is 310 g/mol. The maximum absolute atomic E-state index is 11.8. The highest BCUT2D eigenvalue weighted by Crippen LogP contribution is 2.33. The van der Waals surface area contributed by atoms with Crippen LogP contribution >= 0.6 is 11.3 Å². The molecular formula is C12H14N4O2S2. The molecule has 1 atom stereocenters. The first-order chi connectivity index (χ1) is 9.55. The molecule has 106 valence electrons. The summed E-state index contributed by atoms with van der Waals surface area (Å²) in [6.45, 7) is 0.552. The second-order valence-corrected chi connectivity index (χ2v) is 7.55. The van der Waals surface area contributed by atoms with Crippen molar-refractivity contribution in [1.82, 2.24) is 19.3 Å². The Balaban J connectivity index is 1.97. The Bertz CT molecular complexity index is 700. The van der Waals surface area contributed by atoms with Gasteiger partial charge in [0.1, 0.15) is 5.69 Å². The van der Waals surface area contributed by atoms with Gasteiger partial charge >= 0.3 is 0 Å². The summed E-state index contributed by atoms with van der Waals surface area (Å²) in [6, 6.07) is -0.203. The molecule has 0 N–H and O–H groups in total. The van der Waals surface area contributed by atoms with Crippen LogP contribution in [0.2, 0.25) is 0 Å². The molecule has 0 spiro atoms. The summed E-state index contributed by atoms with van der Waals surface area (Å²) in [6.07, 6.45) is 7.95. The average Bonchev–Trinajstić information content (AvgIpc) is 3.10. The van der Waals surface area contributed by atoms with Crippen molar-refractivity contribution in [3.05, 3.63) is 29.8 Å². The highest BCUT2D eigenvalue weighted by molar-refractivity contribution is 7.88. The molecule has 0 aromatic carbocycles. The lowest BCUT2D eigenvalue weighted by molar-refractivity contribution is 0.393. The molecule has 8 heteroatoms. The van der Waals surface area contributed by atoms with Crippen LogP contribution in [0.4, 0.5) is 0 Å². The fourth-order valence-electron chi connectivity index (χ4n) is 2.44. The SMILES string of the molecule is CS(=O)(=O)N1CCCC1c1cncc(-c2cncs2)n1. The molecule has 1 aliphatic rings. The number of hydrogen-bond acceptors (Lipinski definition) is 6. The van der Waals surface area contributed by atoms with Crippen LogP contribution in [0.25, 0.3) is 10.6 Å². The van der Waals surface area contributed by atoms with Crippen molar-refractivity contribution in [3.63, 3.8) is 0 Å². The Kier molecular flexibility index (Phi) is 3.53. The third kappa shape index (κ3) is 2.58. The van der Waals surface area contributed by atoms with Crippen molar-refractivity contribution in [3.8, 4) is 10.6 Å². The number of rotatable bonds is 3. The van der Waals surface area contributed by atoms with Crippen LogP contribution in [0.5, 0.6) is 0 Å². The maximum Gasteiger partial charge on any atom is 0.211 e. The number of hydrogen-bond donors (Lipinski definition) is 0. The Morgan fingerprint density at radius 3 is 2.85 bits per heavy atom. The lowest BCUT2D eigenvalue weighted by atomic mass is 10.1. The van der Waals surface area contributed by atoms with E-state index in [9.17, 15) is 8.42 Å². The van der Waals surface area contributed by atoms with Crippen molar-refractivity contribution >= 4 is 21.4 Å². The van der Waals surface area contributed by atoms with Gasteiger partial charge in [-0.2, -0.15) is 4.31 Å². The average molecular weight is 310 g/mol. The van der Waals surface area contributed by atoms with Crippen molar-refractivity contribution in [1.29, 1.82) is 0 Å². The number of aromatic nitrogens is 3. The van der Waals surface area contributed by atoms with E-state index in [1.165, 1.54) is 21.9 Å². The van der Waals surface area contributed by atoms with Crippen LogP contribution in [0.15, 0.2) is 24.1 Å². The molecule has 6 nitrogen and oxygen atoms in total. The molecule has 3 heterocycles.